The van der Waals surface area contributed by atoms with E-state index in [-0.39, 0.29) is 18.2 Å². The van der Waals surface area contributed by atoms with Gasteiger partial charge in [-0.05, 0) is 41.1 Å². The summed E-state index contributed by atoms with van der Waals surface area (Å²) in [6.45, 7) is 1.31. The van der Waals surface area contributed by atoms with Crippen LogP contribution in [0.15, 0.2) is 42.6 Å². The second-order valence-corrected chi connectivity index (χ2v) is 5.33. The fraction of sp³-hybridized carbons (Fsp3) is 0.188. The van der Waals surface area contributed by atoms with Crippen LogP contribution >= 0.6 is 0 Å². The van der Waals surface area contributed by atoms with Gasteiger partial charge in [-0.2, -0.15) is 0 Å². The Morgan fingerprint density at radius 2 is 2.12 bits per heavy atom. The molecule has 3 rings (SSSR count). The third kappa shape index (κ3) is 3.25. The second kappa shape index (κ2) is 6.56. The van der Waals surface area contributed by atoms with Crippen molar-refractivity contribution >= 4 is 29.0 Å². The van der Waals surface area contributed by atoms with Gasteiger partial charge in [0.15, 0.2) is 6.10 Å². The molecule has 0 fully saturated rings. The first-order chi connectivity index (χ1) is 12.0. The molecule has 0 spiro atoms. The zero-order valence-electron chi connectivity index (χ0n) is 13.2. The molecule has 1 aliphatic heterocycles. The van der Waals surface area contributed by atoms with E-state index in [1.54, 1.807) is 24.3 Å². The summed E-state index contributed by atoms with van der Waals surface area (Å²) < 4.78 is 5.44. The van der Waals surface area contributed by atoms with E-state index in [2.05, 4.69) is 10.3 Å². The Morgan fingerprint density at radius 1 is 1.36 bits per heavy atom. The van der Waals surface area contributed by atoms with E-state index in [0.717, 1.165) is 0 Å². The Balaban J connectivity index is 1.84. The topological polar surface area (TPSA) is 115 Å². The van der Waals surface area contributed by atoms with Gasteiger partial charge in [0.05, 0.1) is 11.4 Å². The number of nitrogens with zero attached hydrogens (tertiary/aromatic N) is 3. The molecule has 1 aromatic carbocycles. The lowest BCUT2D eigenvalue weighted by molar-refractivity contribution is -0.390. The molecule has 1 aliphatic rings. The highest BCUT2D eigenvalue weighted by Gasteiger charge is 2.31. The van der Waals surface area contributed by atoms with Crippen molar-refractivity contribution < 1.29 is 19.2 Å². The minimum absolute atomic E-state index is 0.108. The number of para-hydroxylation sites is 2. The summed E-state index contributed by atoms with van der Waals surface area (Å²) in [6.07, 6.45) is 0.227. The van der Waals surface area contributed by atoms with Crippen molar-refractivity contribution in [2.75, 3.05) is 16.8 Å². The molecule has 1 aromatic heterocycles. The lowest BCUT2D eigenvalue weighted by atomic mass is 10.1. The van der Waals surface area contributed by atoms with Crippen LogP contribution in [0.25, 0.3) is 0 Å². The number of benzene rings is 1. The van der Waals surface area contributed by atoms with E-state index in [1.165, 1.54) is 30.2 Å². The molecular formula is C16H14N4O5. The predicted octanol–water partition coefficient (Wildman–Crippen LogP) is 1.74. The molecule has 0 unspecified atom stereocenters. The van der Waals surface area contributed by atoms with Gasteiger partial charge in [0.25, 0.3) is 5.91 Å². The zero-order valence-corrected chi connectivity index (χ0v) is 13.2. The van der Waals surface area contributed by atoms with Crippen molar-refractivity contribution in [1.29, 1.82) is 0 Å². The maximum Gasteiger partial charge on any atom is 0.406 e. The molecule has 128 valence electrons. The lowest BCUT2D eigenvalue weighted by Gasteiger charge is -2.30. The van der Waals surface area contributed by atoms with Crippen LogP contribution in [0, 0.1) is 10.1 Å². The van der Waals surface area contributed by atoms with Crippen LogP contribution in [-0.2, 0) is 9.59 Å². The van der Waals surface area contributed by atoms with Crippen molar-refractivity contribution in [3.05, 3.63) is 52.7 Å². The number of hydrogen-bond donors (Lipinski definition) is 1. The van der Waals surface area contributed by atoms with Gasteiger partial charge in [0, 0.05) is 0 Å². The van der Waals surface area contributed by atoms with Crippen molar-refractivity contribution in [3.8, 4) is 5.75 Å². The molecule has 1 N–H and O–H groups in total. The first kappa shape index (κ1) is 16.4. The minimum Gasteiger partial charge on any atom is -0.473 e. The molecule has 0 saturated carbocycles. The number of carbonyl (C=O) groups excluding carboxylic acids is 2. The van der Waals surface area contributed by atoms with Gasteiger partial charge in [0.1, 0.15) is 12.7 Å². The molecular weight excluding hydrogens is 328 g/mol. The first-order valence-electron chi connectivity index (χ1n) is 7.43. The Morgan fingerprint density at radius 3 is 2.88 bits per heavy atom. The van der Waals surface area contributed by atoms with Gasteiger partial charge in [-0.3, -0.25) is 14.5 Å². The highest BCUT2D eigenvalue weighted by molar-refractivity contribution is 6.10. The Hall–Kier alpha value is -3.49. The summed E-state index contributed by atoms with van der Waals surface area (Å²) in [5, 5.41) is 13.7. The molecule has 25 heavy (non-hydrogen) atoms. The van der Waals surface area contributed by atoms with Crippen LogP contribution in [0.5, 0.6) is 5.75 Å². The highest BCUT2D eigenvalue weighted by Crippen LogP contribution is 2.30. The summed E-state index contributed by atoms with van der Waals surface area (Å²) in [5.74, 6) is -1.39. The van der Waals surface area contributed by atoms with E-state index >= 15 is 0 Å². The maximum absolute atomic E-state index is 12.7. The summed E-state index contributed by atoms with van der Waals surface area (Å²) in [4.78, 5) is 39.8. The van der Waals surface area contributed by atoms with Crippen molar-refractivity contribution in [1.82, 2.24) is 4.98 Å². The summed E-state index contributed by atoms with van der Waals surface area (Å²) in [5.41, 5.74) is 1.06. The largest absolute Gasteiger partial charge is 0.473 e. The molecule has 2 aromatic rings. The number of pyridine rings is 1. The number of ether oxygens (including phenoxy) is 1. The average molecular weight is 342 g/mol. The van der Waals surface area contributed by atoms with Crippen LogP contribution < -0.4 is 15.0 Å². The van der Waals surface area contributed by atoms with E-state index < -0.39 is 22.8 Å². The first-order valence-corrected chi connectivity index (χ1v) is 7.43. The quantitative estimate of drug-likeness (QED) is 0.668. The highest BCUT2D eigenvalue weighted by atomic mass is 16.6. The zero-order chi connectivity index (χ0) is 18.0. The van der Waals surface area contributed by atoms with Crippen molar-refractivity contribution in [2.45, 2.75) is 13.0 Å². The summed E-state index contributed by atoms with van der Waals surface area (Å²) >= 11 is 0. The number of hydrogen-bond acceptors (Lipinski definition) is 6. The lowest BCUT2D eigenvalue weighted by Crippen LogP contribution is -2.47. The van der Waals surface area contributed by atoms with Crippen molar-refractivity contribution in [2.24, 2.45) is 0 Å². The monoisotopic (exact) mass is 342 g/mol. The Labute approximate surface area is 142 Å². The summed E-state index contributed by atoms with van der Waals surface area (Å²) in [7, 11) is 0. The minimum atomic E-state index is -1.04. The Bertz CT molecular complexity index is 854. The smallest absolute Gasteiger partial charge is 0.406 e. The number of aromatic nitrogens is 1. The number of nitro groups is 1. The molecule has 2 heterocycles. The van der Waals surface area contributed by atoms with Gasteiger partial charge in [-0.1, -0.05) is 12.1 Å². The number of rotatable bonds is 4. The third-order valence-electron chi connectivity index (χ3n) is 3.61. The fourth-order valence-electron chi connectivity index (χ4n) is 2.50. The van der Waals surface area contributed by atoms with Gasteiger partial charge in [-0.15, -0.1) is 0 Å². The second-order valence-electron chi connectivity index (χ2n) is 5.33. The van der Waals surface area contributed by atoms with E-state index in [1.807, 2.05) is 0 Å². The molecule has 9 nitrogen and oxygen atoms in total. The number of anilines is 2. The van der Waals surface area contributed by atoms with Gasteiger partial charge < -0.3 is 20.2 Å². The molecule has 2 amide bonds. The van der Waals surface area contributed by atoms with Crippen LogP contribution in [0.3, 0.4) is 0 Å². The standard InChI is InChI=1S/C16H14N4O5/c1-10(25-13-7-4-8-17-15(13)20(23)24)16(22)19-9-14(21)18-11-5-2-3-6-12(11)19/h2-8,10H,9H2,1H3,(H,18,21)/t10-/m0/s1. The van der Waals surface area contributed by atoms with Crippen LogP contribution in [0.1, 0.15) is 6.92 Å². The van der Waals surface area contributed by atoms with Gasteiger partial charge in [-0.25, -0.2) is 0 Å². The Kier molecular flexibility index (Phi) is 4.29. The number of amides is 2. The SMILES string of the molecule is C[C@H](Oc1cccnc1[N+](=O)[O-])C(=O)N1CC(=O)Nc2ccccc21. The van der Waals surface area contributed by atoms with Crippen molar-refractivity contribution in [3.63, 3.8) is 0 Å². The van der Waals surface area contributed by atoms with Crippen LogP contribution in [0.2, 0.25) is 0 Å². The molecule has 9 heteroatoms. The van der Waals surface area contributed by atoms with Crippen LogP contribution in [-0.4, -0.2) is 34.4 Å². The molecule has 0 saturated heterocycles. The number of fused-ring (bicyclic) bond motifs is 1. The molecule has 1 atom stereocenters. The molecule has 0 radical (unpaired) electrons. The maximum atomic E-state index is 12.7. The normalized spacial score (nSPS) is 14.3. The van der Waals surface area contributed by atoms with E-state index in [0.29, 0.717) is 11.4 Å². The summed E-state index contributed by atoms with van der Waals surface area (Å²) in [6, 6.07) is 9.71. The third-order valence-corrected chi connectivity index (χ3v) is 3.61. The molecule has 0 aliphatic carbocycles. The van der Waals surface area contributed by atoms with Crippen LogP contribution in [0.4, 0.5) is 17.2 Å². The average Bonchev–Trinajstić information content (AvgIpc) is 2.60. The predicted molar refractivity (Wildman–Crippen MR) is 88.4 cm³/mol. The number of carbonyl (C=O) groups is 2. The van der Waals surface area contributed by atoms with Gasteiger partial charge in [0.2, 0.25) is 11.7 Å². The number of nitrogens with one attached hydrogen (secondary N) is 1. The van der Waals surface area contributed by atoms with E-state index in [4.69, 9.17) is 4.74 Å². The fourth-order valence-corrected chi connectivity index (χ4v) is 2.50. The molecule has 0 bridgehead atoms. The van der Waals surface area contributed by atoms with Gasteiger partial charge >= 0.3 is 5.82 Å². The van der Waals surface area contributed by atoms with E-state index in [9.17, 15) is 19.7 Å².